The number of hydrogen-bond donors (Lipinski definition) is 0. The van der Waals surface area contributed by atoms with Crippen molar-refractivity contribution in [2.24, 2.45) is 0 Å². The van der Waals surface area contributed by atoms with E-state index in [-0.39, 0.29) is 0 Å². The molecule has 0 radical (unpaired) electrons. The van der Waals surface area contributed by atoms with Gasteiger partial charge in [-0.25, -0.2) is 0 Å². The van der Waals surface area contributed by atoms with Gasteiger partial charge in [0.05, 0.1) is 0 Å². The van der Waals surface area contributed by atoms with E-state index in [1.54, 1.807) is 0 Å². The molecule has 0 aromatic heterocycles. The van der Waals surface area contributed by atoms with Crippen LogP contribution in [0.25, 0.3) is 0 Å². The van der Waals surface area contributed by atoms with Gasteiger partial charge < -0.3 is 0 Å². The van der Waals surface area contributed by atoms with Crippen molar-refractivity contribution < 1.29 is 0 Å². The van der Waals surface area contributed by atoms with Crippen LogP contribution in [0.1, 0.15) is 30.9 Å². The first-order chi connectivity index (χ1) is 9.72. The maximum atomic E-state index is 7.07. The van der Waals surface area contributed by atoms with Crippen LogP contribution in [-0.4, -0.2) is 5.75 Å². The molecule has 0 fully saturated rings. The van der Waals surface area contributed by atoms with Crippen molar-refractivity contribution in [2.75, 3.05) is 5.75 Å². The standard InChI is InChI=1S/C18H23ClS/c1-2-3-14-20(19,15-17-10-6-4-7-11-17)16-18-12-8-5-9-13-18/h4-13H,2-3,14-16H2,1H3. The minimum atomic E-state index is -1.14. The van der Waals surface area contributed by atoms with Crippen molar-refractivity contribution in [3.05, 3.63) is 71.8 Å². The van der Waals surface area contributed by atoms with Gasteiger partial charge in [0, 0.05) is 11.5 Å². The lowest BCUT2D eigenvalue weighted by atomic mass is 10.2. The SMILES string of the molecule is CCCCS(Cl)(Cc1ccccc1)Cc1ccccc1. The Morgan fingerprint density at radius 1 is 0.800 bits per heavy atom. The Balaban J connectivity index is 2.12. The third kappa shape index (κ3) is 4.88. The van der Waals surface area contributed by atoms with Gasteiger partial charge in [0.1, 0.15) is 0 Å². The largest absolute Gasteiger partial charge is 0.155 e. The molecule has 20 heavy (non-hydrogen) atoms. The third-order valence-corrected chi connectivity index (χ3v) is 7.24. The second-order valence-corrected chi connectivity index (χ2v) is 10.1. The summed E-state index contributed by atoms with van der Waals surface area (Å²) in [6, 6.07) is 21.3. The second kappa shape index (κ2) is 7.75. The lowest BCUT2D eigenvalue weighted by Crippen LogP contribution is -2.05. The molecule has 0 nitrogen and oxygen atoms in total. The number of halogens is 1. The molecule has 0 N–H and O–H groups in total. The minimum absolute atomic E-state index is 1.02. The normalized spacial score (nSPS) is 12.3. The van der Waals surface area contributed by atoms with Crippen LogP contribution < -0.4 is 0 Å². The summed E-state index contributed by atoms with van der Waals surface area (Å²) in [5.74, 6) is 3.18. The van der Waals surface area contributed by atoms with Crippen LogP contribution in [0.3, 0.4) is 0 Å². The molecule has 2 aromatic carbocycles. The molecule has 0 saturated carbocycles. The smallest absolute Gasteiger partial charge is 0.0154 e. The first-order valence-corrected chi connectivity index (χ1v) is 10.2. The Morgan fingerprint density at radius 2 is 1.25 bits per heavy atom. The molecule has 0 aliphatic rings. The van der Waals surface area contributed by atoms with Gasteiger partial charge in [-0.15, -0.1) is 0 Å². The highest BCUT2D eigenvalue weighted by molar-refractivity contribution is 8.50. The summed E-state index contributed by atoms with van der Waals surface area (Å²) in [6.07, 6.45) is 2.43. The van der Waals surface area contributed by atoms with Crippen molar-refractivity contribution >= 4 is 19.9 Å². The van der Waals surface area contributed by atoms with Gasteiger partial charge in [0.15, 0.2) is 0 Å². The Kier molecular flexibility index (Phi) is 6.00. The molecule has 0 unspecified atom stereocenters. The van der Waals surface area contributed by atoms with Gasteiger partial charge in [-0.1, -0.05) is 84.7 Å². The average Bonchev–Trinajstić information content (AvgIpc) is 2.47. The summed E-state index contributed by atoms with van der Waals surface area (Å²) in [5, 5.41) is 0. The first kappa shape index (κ1) is 15.5. The Hall–Kier alpha value is -0.920. The number of benzene rings is 2. The van der Waals surface area contributed by atoms with Crippen molar-refractivity contribution in [1.82, 2.24) is 0 Å². The van der Waals surface area contributed by atoms with Crippen LogP contribution in [0.5, 0.6) is 0 Å². The molecular formula is C18H23ClS. The van der Waals surface area contributed by atoms with E-state index in [0.29, 0.717) is 0 Å². The highest BCUT2D eigenvalue weighted by Crippen LogP contribution is 2.59. The van der Waals surface area contributed by atoms with Crippen molar-refractivity contribution in [2.45, 2.75) is 31.3 Å². The van der Waals surface area contributed by atoms with Crippen molar-refractivity contribution in [3.63, 3.8) is 0 Å². The van der Waals surface area contributed by atoms with Gasteiger partial charge in [-0.3, -0.25) is 0 Å². The lowest BCUT2D eigenvalue weighted by molar-refractivity contribution is 0.891. The molecule has 2 heteroatoms. The van der Waals surface area contributed by atoms with Crippen LogP contribution in [0.15, 0.2) is 60.7 Å². The zero-order valence-corrected chi connectivity index (χ0v) is 13.7. The molecule has 108 valence electrons. The fourth-order valence-electron chi connectivity index (χ4n) is 2.34. The van der Waals surface area contributed by atoms with E-state index in [1.807, 2.05) is 0 Å². The van der Waals surface area contributed by atoms with E-state index in [1.165, 1.54) is 24.0 Å². The number of hydrogen-bond acceptors (Lipinski definition) is 0. The summed E-state index contributed by atoms with van der Waals surface area (Å²) in [7, 11) is 5.94. The third-order valence-electron chi connectivity index (χ3n) is 3.40. The van der Waals surface area contributed by atoms with Crippen LogP contribution in [-0.2, 0) is 11.5 Å². The summed E-state index contributed by atoms with van der Waals surface area (Å²) < 4.78 is 0. The fraction of sp³-hybridized carbons (Fsp3) is 0.333. The van der Waals surface area contributed by atoms with E-state index in [9.17, 15) is 0 Å². The number of rotatable bonds is 7. The van der Waals surface area contributed by atoms with Crippen molar-refractivity contribution in [1.29, 1.82) is 0 Å². The topological polar surface area (TPSA) is 0 Å². The van der Waals surface area contributed by atoms with Crippen LogP contribution in [0.4, 0.5) is 0 Å². The molecular weight excluding hydrogens is 284 g/mol. The highest BCUT2D eigenvalue weighted by Gasteiger charge is 2.21. The summed E-state index contributed by atoms with van der Waals surface area (Å²) in [6.45, 7) is 2.24. The molecule has 0 spiro atoms. The van der Waals surface area contributed by atoms with E-state index < -0.39 is 9.24 Å². The number of unbranched alkanes of at least 4 members (excludes halogenated alkanes) is 1. The molecule has 0 amide bonds. The summed E-state index contributed by atoms with van der Waals surface area (Å²) in [4.78, 5) is 0. The minimum Gasteiger partial charge on any atom is -0.155 e. The first-order valence-electron chi connectivity index (χ1n) is 7.26. The zero-order valence-electron chi connectivity index (χ0n) is 12.1. The quantitative estimate of drug-likeness (QED) is 0.576. The molecule has 0 bridgehead atoms. The molecule has 0 heterocycles. The summed E-state index contributed by atoms with van der Waals surface area (Å²) >= 11 is 0. The average molecular weight is 307 g/mol. The monoisotopic (exact) mass is 306 g/mol. The highest BCUT2D eigenvalue weighted by atomic mass is 35.7. The fourth-order valence-corrected chi connectivity index (χ4v) is 6.20. The van der Waals surface area contributed by atoms with Gasteiger partial charge in [-0.05, 0) is 23.3 Å². The molecule has 0 aliphatic carbocycles. The Morgan fingerprint density at radius 3 is 1.65 bits per heavy atom. The maximum absolute atomic E-state index is 7.07. The zero-order chi connectivity index (χ0) is 14.3. The predicted molar refractivity (Wildman–Crippen MR) is 93.5 cm³/mol. The van der Waals surface area contributed by atoms with E-state index in [2.05, 4.69) is 67.6 Å². The van der Waals surface area contributed by atoms with Crippen molar-refractivity contribution in [3.8, 4) is 0 Å². The van der Waals surface area contributed by atoms with Crippen LogP contribution in [0.2, 0.25) is 0 Å². The maximum Gasteiger partial charge on any atom is 0.0154 e. The van der Waals surface area contributed by atoms with E-state index >= 15 is 0 Å². The predicted octanol–water partition coefficient (Wildman–Crippen LogP) is 6.15. The van der Waals surface area contributed by atoms with Gasteiger partial charge in [0.2, 0.25) is 0 Å². The Bertz CT molecular complexity index is 454. The van der Waals surface area contributed by atoms with E-state index in [0.717, 1.165) is 17.3 Å². The van der Waals surface area contributed by atoms with E-state index in [4.69, 9.17) is 10.7 Å². The Labute approximate surface area is 129 Å². The second-order valence-electron chi connectivity index (χ2n) is 5.26. The molecule has 2 rings (SSSR count). The molecule has 2 aromatic rings. The molecule has 0 atom stereocenters. The summed E-state index contributed by atoms with van der Waals surface area (Å²) in [5.41, 5.74) is 2.73. The van der Waals surface area contributed by atoms with Gasteiger partial charge in [-0.2, -0.15) is 9.24 Å². The lowest BCUT2D eigenvalue weighted by Gasteiger charge is -2.33. The van der Waals surface area contributed by atoms with Gasteiger partial charge in [0.25, 0.3) is 0 Å². The van der Waals surface area contributed by atoms with Gasteiger partial charge >= 0.3 is 0 Å². The van der Waals surface area contributed by atoms with Crippen LogP contribution in [0, 0.1) is 0 Å². The van der Waals surface area contributed by atoms with Crippen LogP contribution >= 0.6 is 19.9 Å². The molecule has 0 aliphatic heterocycles. The molecule has 0 saturated heterocycles.